The number of nitrogens with zero attached hydrogens (tertiary/aromatic N) is 2. The van der Waals surface area contributed by atoms with Crippen molar-refractivity contribution in [3.63, 3.8) is 0 Å². The molecule has 3 aromatic rings. The Morgan fingerprint density at radius 3 is 2.64 bits per heavy atom. The Bertz CT molecular complexity index is 899. The number of benzene rings is 2. The molecule has 25 heavy (non-hydrogen) atoms. The Kier molecular flexibility index (Phi) is 4.93. The number of anilines is 1. The minimum absolute atomic E-state index is 0.0670. The van der Waals surface area contributed by atoms with Gasteiger partial charge < -0.3 is 9.84 Å². The molecule has 5 nitrogen and oxygen atoms in total. The second kappa shape index (κ2) is 7.30. The third-order valence-electron chi connectivity index (χ3n) is 4.08. The first kappa shape index (κ1) is 16.9. The second-order valence-electron chi connectivity index (χ2n) is 6.19. The van der Waals surface area contributed by atoms with Gasteiger partial charge in [-0.25, -0.2) is 0 Å². The highest BCUT2D eigenvalue weighted by atomic mass is 16.5. The molecule has 0 spiro atoms. The van der Waals surface area contributed by atoms with Crippen LogP contribution in [-0.2, 0) is 11.2 Å². The van der Waals surface area contributed by atoms with Gasteiger partial charge in [0.15, 0.2) is 0 Å². The van der Waals surface area contributed by atoms with Gasteiger partial charge in [-0.05, 0) is 38.0 Å². The summed E-state index contributed by atoms with van der Waals surface area (Å²) >= 11 is 0. The number of carbonyl (C=O) groups excluding carboxylic acids is 1. The van der Waals surface area contributed by atoms with Crippen molar-refractivity contribution in [2.45, 2.75) is 33.6 Å². The molecule has 0 bridgehead atoms. The summed E-state index contributed by atoms with van der Waals surface area (Å²) in [5.41, 5.74) is 5.08. The van der Waals surface area contributed by atoms with E-state index in [4.69, 9.17) is 4.52 Å². The van der Waals surface area contributed by atoms with Crippen LogP contribution in [0.2, 0.25) is 0 Å². The van der Waals surface area contributed by atoms with E-state index in [-0.39, 0.29) is 5.91 Å². The zero-order valence-corrected chi connectivity index (χ0v) is 14.7. The molecule has 128 valence electrons. The van der Waals surface area contributed by atoms with Crippen molar-refractivity contribution in [3.8, 4) is 11.4 Å². The Morgan fingerprint density at radius 2 is 1.88 bits per heavy atom. The van der Waals surface area contributed by atoms with Crippen LogP contribution < -0.4 is 5.32 Å². The lowest BCUT2D eigenvalue weighted by Gasteiger charge is -2.08. The number of amides is 1. The quantitative estimate of drug-likeness (QED) is 0.757. The lowest BCUT2D eigenvalue weighted by Crippen LogP contribution is -2.13. The van der Waals surface area contributed by atoms with Gasteiger partial charge in [0.2, 0.25) is 17.6 Å². The van der Waals surface area contributed by atoms with Crippen molar-refractivity contribution < 1.29 is 9.32 Å². The monoisotopic (exact) mass is 335 g/mol. The highest BCUT2D eigenvalue weighted by Crippen LogP contribution is 2.20. The maximum atomic E-state index is 12.2. The molecule has 0 unspecified atom stereocenters. The summed E-state index contributed by atoms with van der Waals surface area (Å²) in [5.74, 6) is 0.958. The van der Waals surface area contributed by atoms with Crippen molar-refractivity contribution in [1.82, 2.24) is 10.1 Å². The summed E-state index contributed by atoms with van der Waals surface area (Å²) < 4.78 is 5.27. The third kappa shape index (κ3) is 4.12. The Hall–Kier alpha value is -2.95. The van der Waals surface area contributed by atoms with E-state index in [1.807, 2.05) is 63.2 Å². The van der Waals surface area contributed by atoms with Gasteiger partial charge in [-0.15, -0.1) is 0 Å². The van der Waals surface area contributed by atoms with E-state index in [1.54, 1.807) is 0 Å². The highest BCUT2D eigenvalue weighted by molar-refractivity contribution is 5.91. The van der Waals surface area contributed by atoms with Crippen molar-refractivity contribution in [2.75, 3.05) is 5.32 Å². The number of hydrogen-bond donors (Lipinski definition) is 1. The SMILES string of the molecule is Cc1ccc(NC(=O)CCc2nc(-c3ccccc3C)no2)c(C)c1. The van der Waals surface area contributed by atoms with Gasteiger partial charge in [-0.3, -0.25) is 4.79 Å². The predicted molar refractivity (Wildman–Crippen MR) is 97.3 cm³/mol. The fourth-order valence-electron chi connectivity index (χ4n) is 2.68. The Balaban J connectivity index is 1.60. The molecule has 3 rings (SSSR count). The minimum atomic E-state index is -0.0670. The molecule has 0 fully saturated rings. The zero-order valence-electron chi connectivity index (χ0n) is 14.7. The van der Waals surface area contributed by atoms with Crippen molar-refractivity contribution in [1.29, 1.82) is 0 Å². The maximum absolute atomic E-state index is 12.2. The number of aromatic nitrogens is 2. The number of aryl methyl sites for hydroxylation is 4. The van der Waals surface area contributed by atoms with Crippen LogP contribution in [0, 0.1) is 20.8 Å². The van der Waals surface area contributed by atoms with Crippen molar-refractivity contribution in [2.24, 2.45) is 0 Å². The summed E-state index contributed by atoms with van der Waals surface area (Å²) in [6.07, 6.45) is 0.707. The zero-order chi connectivity index (χ0) is 17.8. The van der Waals surface area contributed by atoms with Gasteiger partial charge in [0.05, 0.1) is 0 Å². The smallest absolute Gasteiger partial charge is 0.227 e. The molecule has 0 saturated carbocycles. The van der Waals surface area contributed by atoms with E-state index in [9.17, 15) is 4.79 Å². The van der Waals surface area contributed by atoms with Crippen LogP contribution >= 0.6 is 0 Å². The Morgan fingerprint density at radius 1 is 1.08 bits per heavy atom. The molecule has 1 aromatic heterocycles. The van der Waals surface area contributed by atoms with Crippen LogP contribution in [-0.4, -0.2) is 16.0 Å². The molecule has 0 aliphatic heterocycles. The molecule has 1 amide bonds. The lowest BCUT2D eigenvalue weighted by atomic mass is 10.1. The first-order chi connectivity index (χ1) is 12.0. The average molecular weight is 335 g/mol. The van der Waals surface area contributed by atoms with E-state index in [2.05, 4.69) is 15.5 Å². The van der Waals surface area contributed by atoms with Gasteiger partial charge >= 0.3 is 0 Å². The van der Waals surface area contributed by atoms with Gasteiger partial charge in [0, 0.05) is 24.1 Å². The average Bonchev–Trinajstić information content (AvgIpc) is 3.05. The number of rotatable bonds is 5. The molecule has 1 heterocycles. The van der Waals surface area contributed by atoms with Gasteiger partial charge in [-0.2, -0.15) is 4.98 Å². The largest absolute Gasteiger partial charge is 0.339 e. The van der Waals surface area contributed by atoms with Crippen LogP contribution in [0.25, 0.3) is 11.4 Å². The molecule has 0 aliphatic carbocycles. The van der Waals surface area contributed by atoms with Gasteiger partial charge in [-0.1, -0.05) is 47.1 Å². The second-order valence-corrected chi connectivity index (χ2v) is 6.19. The van der Waals surface area contributed by atoms with Crippen LogP contribution in [0.15, 0.2) is 47.0 Å². The van der Waals surface area contributed by atoms with Crippen LogP contribution in [0.1, 0.15) is 29.0 Å². The molecule has 1 N–H and O–H groups in total. The molecule has 5 heteroatoms. The molecular formula is C20H21N3O2. The maximum Gasteiger partial charge on any atom is 0.227 e. The van der Waals surface area contributed by atoms with E-state index < -0.39 is 0 Å². The molecule has 0 saturated heterocycles. The summed E-state index contributed by atoms with van der Waals surface area (Å²) in [6.45, 7) is 6.01. The summed E-state index contributed by atoms with van der Waals surface area (Å²) in [7, 11) is 0. The predicted octanol–water partition coefficient (Wildman–Crippen LogP) is 4.23. The fourth-order valence-corrected chi connectivity index (χ4v) is 2.68. The van der Waals surface area contributed by atoms with Gasteiger partial charge in [0.1, 0.15) is 0 Å². The van der Waals surface area contributed by atoms with Crippen LogP contribution in [0.4, 0.5) is 5.69 Å². The number of nitrogens with one attached hydrogen (secondary N) is 1. The van der Waals surface area contributed by atoms with Crippen molar-refractivity contribution in [3.05, 3.63) is 65.0 Å². The molecule has 0 aliphatic rings. The first-order valence-corrected chi connectivity index (χ1v) is 8.28. The van der Waals surface area contributed by atoms with Crippen LogP contribution in [0.5, 0.6) is 0 Å². The fraction of sp³-hybridized carbons (Fsp3) is 0.250. The minimum Gasteiger partial charge on any atom is -0.339 e. The third-order valence-corrected chi connectivity index (χ3v) is 4.08. The van der Waals surface area contributed by atoms with E-state index in [1.165, 1.54) is 5.56 Å². The molecule has 0 radical (unpaired) electrons. The van der Waals surface area contributed by atoms with E-state index in [0.717, 1.165) is 22.4 Å². The summed E-state index contributed by atoms with van der Waals surface area (Å²) in [4.78, 5) is 16.5. The van der Waals surface area contributed by atoms with E-state index >= 15 is 0 Å². The number of carbonyl (C=O) groups is 1. The molecular weight excluding hydrogens is 314 g/mol. The number of hydrogen-bond acceptors (Lipinski definition) is 4. The molecule has 0 atom stereocenters. The lowest BCUT2D eigenvalue weighted by molar-refractivity contribution is -0.116. The standard InChI is InChI=1S/C20H21N3O2/c1-13-8-9-17(15(3)12-13)21-18(24)10-11-19-22-20(23-25-19)16-7-5-4-6-14(16)2/h4-9,12H,10-11H2,1-3H3,(H,21,24). The van der Waals surface area contributed by atoms with Gasteiger partial charge in [0.25, 0.3) is 0 Å². The van der Waals surface area contributed by atoms with Crippen LogP contribution in [0.3, 0.4) is 0 Å². The summed E-state index contributed by atoms with van der Waals surface area (Å²) in [6, 6.07) is 13.8. The normalized spacial score (nSPS) is 10.7. The topological polar surface area (TPSA) is 68.0 Å². The van der Waals surface area contributed by atoms with Crippen molar-refractivity contribution >= 4 is 11.6 Å². The highest BCUT2D eigenvalue weighted by Gasteiger charge is 2.12. The summed E-state index contributed by atoms with van der Waals surface area (Å²) in [5, 5.41) is 6.94. The first-order valence-electron chi connectivity index (χ1n) is 8.28. The molecule has 2 aromatic carbocycles. The van der Waals surface area contributed by atoms with E-state index in [0.29, 0.717) is 24.6 Å². The Labute approximate surface area is 147 Å².